The van der Waals surface area contributed by atoms with Gasteiger partial charge in [-0.1, -0.05) is 0 Å². The second-order valence-corrected chi connectivity index (χ2v) is 6.08. The van der Waals surface area contributed by atoms with Crippen LogP contribution in [0.1, 0.15) is 25.1 Å². The predicted octanol–water partition coefficient (Wildman–Crippen LogP) is 0.795. The van der Waals surface area contributed by atoms with Crippen LogP contribution in [0.4, 0.5) is 5.82 Å². The molecule has 3 heterocycles. The van der Waals surface area contributed by atoms with Gasteiger partial charge >= 0.3 is 0 Å². The van der Waals surface area contributed by atoms with Crippen LogP contribution in [0, 0.1) is 6.92 Å². The van der Waals surface area contributed by atoms with Crippen molar-refractivity contribution in [3.05, 3.63) is 11.9 Å². The Labute approximate surface area is 126 Å². The molecule has 0 saturated carbocycles. The van der Waals surface area contributed by atoms with Crippen molar-refractivity contribution < 1.29 is 4.74 Å². The zero-order chi connectivity index (χ0) is 14.8. The number of piperidine rings is 1. The molecular formula is C15H25N5O. The number of rotatable bonds is 3. The Hall–Kier alpha value is -1.40. The number of hydrogen-bond donors (Lipinski definition) is 1. The summed E-state index contributed by atoms with van der Waals surface area (Å²) in [6.45, 7) is 6.25. The minimum absolute atomic E-state index is 0.396. The van der Waals surface area contributed by atoms with Gasteiger partial charge in [-0.25, -0.2) is 4.98 Å². The number of methoxy groups -OCH3 is 1. The van der Waals surface area contributed by atoms with E-state index in [1.54, 1.807) is 7.11 Å². The van der Waals surface area contributed by atoms with Gasteiger partial charge < -0.3 is 15.4 Å². The van der Waals surface area contributed by atoms with Crippen LogP contribution < -0.4 is 15.4 Å². The molecule has 0 radical (unpaired) electrons. The topological polar surface area (TPSA) is 67.5 Å². The van der Waals surface area contributed by atoms with E-state index in [-0.39, 0.29) is 0 Å². The van der Waals surface area contributed by atoms with Gasteiger partial charge in [0.15, 0.2) is 0 Å². The highest BCUT2D eigenvalue weighted by Crippen LogP contribution is 2.25. The smallest absolute Gasteiger partial charge is 0.218 e. The van der Waals surface area contributed by atoms with Crippen molar-refractivity contribution in [1.82, 2.24) is 14.9 Å². The molecule has 2 saturated heterocycles. The van der Waals surface area contributed by atoms with E-state index < -0.39 is 0 Å². The summed E-state index contributed by atoms with van der Waals surface area (Å²) in [7, 11) is 1.65. The molecule has 2 N–H and O–H groups in total. The number of aryl methyl sites for hydroxylation is 1. The molecule has 0 bridgehead atoms. The Morgan fingerprint density at radius 1 is 1.19 bits per heavy atom. The highest BCUT2D eigenvalue weighted by Gasteiger charge is 2.30. The number of anilines is 1. The molecule has 21 heavy (non-hydrogen) atoms. The average Bonchev–Trinajstić information content (AvgIpc) is 2.97. The predicted molar refractivity (Wildman–Crippen MR) is 82.7 cm³/mol. The second-order valence-electron chi connectivity index (χ2n) is 6.08. The van der Waals surface area contributed by atoms with E-state index in [4.69, 9.17) is 10.5 Å². The molecule has 6 heteroatoms. The average molecular weight is 291 g/mol. The summed E-state index contributed by atoms with van der Waals surface area (Å²) in [6.07, 6.45) is 3.44. The molecule has 0 spiro atoms. The second kappa shape index (κ2) is 6.15. The van der Waals surface area contributed by atoms with E-state index >= 15 is 0 Å². The van der Waals surface area contributed by atoms with Crippen LogP contribution in [0.5, 0.6) is 5.88 Å². The number of nitrogens with zero attached hydrogens (tertiary/aromatic N) is 4. The first-order valence-corrected chi connectivity index (χ1v) is 7.80. The largest absolute Gasteiger partial charge is 0.481 e. The standard InChI is InChI=1S/C15H25N5O/c1-11-17-14(9-15(18-11)21-2)20-8-5-13(10-20)19-6-3-12(16)4-7-19/h9,12-13H,3-8,10,16H2,1-2H3. The third-order valence-electron chi connectivity index (χ3n) is 4.59. The molecule has 2 fully saturated rings. The van der Waals surface area contributed by atoms with Crippen LogP contribution in [0.3, 0.4) is 0 Å². The summed E-state index contributed by atoms with van der Waals surface area (Å²) < 4.78 is 5.25. The van der Waals surface area contributed by atoms with E-state index in [1.165, 1.54) is 6.42 Å². The fourth-order valence-electron chi connectivity index (χ4n) is 3.32. The normalized spacial score (nSPS) is 24.5. The molecule has 0 amide bonds. The van der Waals surface area contributed by atoms with E-state index in [1.807, 2.05) is 13.0 Å². The van der Waals surface area contributed by atoms with Gasteiger partial charge in [-0.3, -0.25) is 4.90 Å². The van der Waals surface area contributed by atoms with Crippen molar-refractivity contribution in [3.8, 4) is 5.88 Å². The van der Waals surface area contributed by atoms with Crippen LogP contribution in [0.25, 0.3) is 0 Å². The minimum Gasteiger partial charge on any atom is -0.481 e. The van der Waals surface area contributed by atoms with Gasteiger partial charge in [-0.15, -0.1) is 0 Å². The highest BCUT2D eigenvalue weighted by molar-refractivity contribution is 5.43. The fourth-order valence-corrected chi connectivity index (χ4v) is 3.32. The van der Waals surface area contributed by atoms with E-state index in [2.05, 4.69) is 19.8 Å². The van der Waals surface area contributed by atoms with Crippen LogP contribution in [-0.2, 0) is 0 Å². The lowest BCUT2D eigenvalue weighted by Crippen LogP contribution is -2.46. The molecule has 1 aromatic heterocycles. The summed E-state index contributed by atoms with van der Waals surface area (Å²) in [5, 5.41) is 0. The molecule has 2 aliphatic rings. The van der Waals surface area contributed by atoms with Gasteiger partial charge in [0.1, 0.15) is 11.6 Å². The van der Waals surface area contributed by atoms with E-state index in [0.29, 0.717) is 18.0 Å². The molecule has 3 rings (SSSR count). The maximum Gasteiger partial charge on any atom is 0.218 e. The molecular weight excluding hydrogens is 266 g/mol. The maximum atomic E-state index is 5.99. The first-order chi connectivity index (χ1) is 10.2. The van der Waals surface area contributed by atoms with Gasteiger partial charge in [0, 0.05) is 31.2 Å². The van der Waals surface area contributed by atoms with E-state index in [9.17, 15) is 0 Å². The lowest BCUT2D eigenvalue weighted by molar-refractivity contribution is 0.163. The van der Waals surface area contributed by atoms with Gasteiger partial charge in [0.05, 0.1) is 7.11 Å². The maximum absolute atomic E-state index is 5.99. The zero-order valence-electron chi connectivity index (χ0n) is 13.0. The lowest BCUT2D eigenvalue weighted by Gasteiger charge is -2.34. The zero-order valence-corrected chi connectivity index (χ0v) is 13.0. The van der Waals surface area contributed by atoms with Gasteiger partial charge in [-0.2, -0.15) is 4.98 Å². The van der Waals surface area contributed by atoms with Crippen molar-refractivity contribution >= 4 is 5.82 Å². The Bertz CT molecular complexity index is 487. The van der Waals surface area contributed by atoms with Crippen LogP contribution in [0.2, 0.25) is 0 Å². The number of nitrogens with two attached hydrogens (primary N) is 1. The summed E-state index contributed by atoms with van der Waals surface area (Å²) in [5.74, 6) is 2.39. The minimum atomic E-state index is 0.396. The first-order valence-electron chi connectivity index (χ1n) is 7.80. The van der Waals surface area contributed by atoms with E-state index in [0.717, 1.165) is 50.7 Å². The third-order valence-corrected chi connectivity index (χ3v) is 4.59. The van der Waals surface area contributed by atoms with Crippen molar-refractivity contribution in [2.75, 3.05) is 38.2 Å². The Morgan fingerprint density at radius 2 is 1.95 bits per heavy atom. The monoisotopic (exact) mass is 291 g/mol. The van der Waals surface area contributed by atoms with Crippen molar-refractivity contribution in [1.29, 1.82) is 0 Å². The van der Waals surface area contributed by atoms with Crippen molar-refractivity contribution in [2.24, 2.45) is 5.73 Å². The van der Waals surface area contributed by atoms with Gasteiger partial charge in [-0.05, 0) is 39.3 Å². The Morgan fingerprint density at radius 3 is 2.67 bits per heavy atom. The molecule has 1 unspecified atom stereocenters. The summed E-state index contributed by atoms with van der Waals surface area (Å²) in [5.41, 5.74) is 5.99. The molecule has 6 nitrogen and oxygen atoms in total. The molecule has 0 aliphatic carbocycles. The fraction of sp³-hybridized carbons (Fsp3) is 0.733. The SMILES string of the molecule is COc1cc(N2CCC(N3CCC(N)CC3)C2)nc(C)n1. The summed E-state index contributed by atoms with van der Waals surface area (Å²) in [6, 6.07) is 2.95. The summed E-state index contributed by atoms with van der Waals surface area (Å²) in [4.78, 5) is 13.7. The lowest BCUT2D eigenvalue weighted by atomic mass is 10.0. The van der Waals surface area contributed by atoms with Crippen LogP contribution in [0.15, 0.2) is 6.07 Å². The Balaban J connectivity index is 1.65. The van der Waals surface area contributed by atoms with Gasteiger partial charge in [0.25, 0.3) is 0 Å². The number of aromatic nitrogens is 2. The molecule has 1 atom stereocenters. The first kappa shape index (κ1) is 14.5. The number of hydrogen-bond acceptors (Lipinski definition) is 6. The number of ether oxygens (including phenoxy) is 1. The quantitative estimate of drug-likeness (QED) is 0.888. The molecule has 2 aliphatic heterocycles. The highest BCUT2D eigenvalue weighted by atomic mass is 16.5. The third kappa shape index (κ3) is 3.27. The van der Waals surface area contributed by atoms with Crippen LogP contribution in [-0.4, -0.2) is 60.2 Å². The molecule has 1 aromatic rings. The number of likely N-dealkylation sites (tertiary alicyclic amines) is 1. The molecule has 0 aromatic carbocycles. The van der Waals surface area contributed by atoms with Gasteiger partial charge in [0.2, 0.25) is 5.88 Å². The van der Waals surface area contributed by atoms with Crippen LogP contribution >= 0.6 is 0 Å². The molecule has 116 valence electrons. The van der Waals surface area contributed by atoms with Crippen molar-refractivity contribution in [2.45, 2.75) is 38.3 Å². The van der Waals surface area contributed by atoms with Crippen molar-refractivity contribution in [3.63, 3.8) is 0 Å². The Kier molecular flexibility index (Phi) is 4.26. The summed E-state index contributed by atoms with van der Waals surface area (Å²) >= 11 is 0.